The molecule has 2 aliphatic rings. The van der Waals surface area contributed by atoms with Gasteiger partial charge in [0.1, 0.15) is 0 Å². The van der Waals surface area contributed by atoms with Gasteiger partial charge in [-0.25, -0.2) is 13.2 Å². The van der Waals surface area contributed by atoms with Gasteiger partial charge in [0.25, 0.3) is 11.8 Å². The van der Waals surface area contributed by atoms with Gasteiger partial charge in [-0.2, -0.15) is 4.31 Å². The van der Waals surface area contributed by atoms with Crippen molar-refractivity contribution in [1.82, 2.24) is 4.31 Å². The summed E-state index contributed by atoms with van der Waals surface area (Å²) in [5, 5.41) is 17.2. The normalized spacial score (nSPS) is 16.0. The monoisotopic (exact) mass is 870 g/mol. The van der Waals surface area contributed by atoms with Crippen LogP contribution in [0.15, 0.2) is 95.9 Å². The Kier molecular flexibility index (Phi) is 20.7. The molecule has 1 aliphatic heterocycles. The second-order valence-corrected chi connectivity index (χ2v) is 16.5. The van der Waals surface area contributed by atoms with Gasteiger partial charge in [0, 0.05) is 48.6 Å². The molecule has 1 heterocycles. The van der Waals surface area contributed by atoms with Crippen molar-refractivity contribution in [3.05, 3.63) is 119 Å². The van der Waals surface area contributed by atoms with E-state index in [1.54, 1.807) is 31.2 Å². The number of hydrogen-bond acceptors (Lipinski definition) is 9. The quantitative estimate of drug-likeness (QED) is 0.133. The summed E-state index contributed by atoms with van der Waals surface area (Å²) in [6.45, 7) is 3.65. The molecule has 4 aromatic rings. The molecule has 2 amide bonds. The number of aryl methyl sites for hydroxylation is 2. The number of carbonyl (C=O) groups is 4. The van der Waals surface area contributed by atoms with Crippen LogP contribution in [0.3, 0.4) is 0 Å². The van der Waals surface area contributed by atoms with Crippen molar-refractivity contribution in [1.29, 1.82) is 0 Å². The number of esters is 1. The van der Waals surface area contributed by atoms with Crippen molar-refractivity contribution in [3.8, 4) is 0 Å². The number of sulfonamides is 1. The van der Waals surface area contributed by atoms with Crippen molar-refractivity contribution < 1.29 is 83.4 Å². The second kappa shape index (κ2) is 24.1. The van der Waals surface area contributed by atoms with Gasteiger partial charge in [0.2, 0.25) is 10.0 Å². The first-order chi connectivity index (χ1) is 27.5. The number of piperidine rings is 1. The molecule has 1 saturated carbocycles. The number of ether oxygens (including phenoxy) is 1. The van der Waals surface area contributed by atoms with Crippen LogP contribution in [0.2, 0.25) is 0 Å². The average Bonchev–Trinajstić information content (AvgIpc) is 3.24. The SMILES string of the molecule is CCN(C1CCC(C(=O)[O-])CC1)S(=O)(=O)c1cccc(C(=O)Nc2ccc(N3CCCCC3)cc2C(=O)Nc2ccc(CCc3ccc(C(=O)OC)cc3)cc2)c1.O.O.O.[Na+]. The maximum absolute atomic E-state index is 13.9. The molecule has 2 fully saturated rings. The number of nitrogens with one attached hydrogen (secondary N) is 2. The molecular formula is C44H55N4NaO11S. The summed E-state index contributed by atoms with van der Waals surface area (Å²) in [4.78, 5) is 53.0. The minimum atomic E-state index is -4.01. The van der Waals surface area contributed by atoms with E-state index in [-0.39, 0.29) is 86.3 Å². The first kappa shape index (κ1) is 52.5. The van der Waals surface area contributed by atoms with Gasteiger partial charge in [-0.15, -0.1) is 0 Å². The third-order valence-corrected chi connectivity index (χ3v) is 13.0. The number of aliphatic carboxylic acids is 1. The third kappa shape index (κ3) is 13.2. The zero-order valence-corrected chi connectivity index (χ0v) is 37.7. The summed E-state index contributed by atoms with van der Waals surface area (Å²) in [6, 6.07) is 25.7. The average molecular weight is 871 g/mol. The van der Waals surface area contributed by atoms with Gasteiger partial charge in [-0.1, -0.05) is 37.3 Å². The van der Waals surface area contributed by atoms with E-state index in [1.807, 2.05) is 42.5 Å². The van der Waals surface area contributed by atoms with Crippen LogP contribution in [0, 0.1) is 5.92 Å². The molecule has 61 heavy (non-hydrogen) atoms. The molecule has 4 aromatic carbocycles. The van der Waals surface area contributed by atoms with Crippen LogP contribution in [0.25, 0.3) is 0 Å². The Balaban J connectivity index is 0.00000320. The van der Waals surface area contributed by atoms with E-state index in [2.05, 4.69) is 15.5 Å². The molecule has 0 radical (unpaired) electrons. The Labute approximate surface area is 379 Å². The number of amides is 2. The van der Waals surface area contributed by atoms with Crippen molar-refractivity contribution >= 4 is 50.8 Å². The molecule has 1 aliphatic carbocycles. The molecule has 8 N–H and O–H groups in total. The molecule has 0 atom stereocenters. The Morgan fingerprint density at radius 3 is 1.93 bits per heavy atom. The summed E-state index contributed by atoms with van der Waals surface area (Å²) in [6.07, 6.45) is 6.25. The molecule has 6 rings (SSSR count). The van der Waals surface area contributed by atoms with Crippen LogP contribution in [-0.4, -0.2) is 85.7 Å². The zero-order chi connectivity index (χ0) is 40.5. The topological polar surface area (TPSA) is 260 Å². The predicted octanol–water partition coefficient (Wildman–Crippen LogP) is 0.603. The number of hydrogen-bond donors (Lipinski definition) is 2. The predicted molar refractivity (Wildman–Crippen MR) is 228 cm³/mol. The van der Waals surface area contributed by atoms with E-state index >= 15 is 0 Å². The van der Waals surface area contributed by atoms with Crippen LogP contribution in [0.5, 0.6) is 0 Å². The van der Waals surface area contributed by atoms with Crippen molar-refractivity contribution in [2.24, 2.45) is 5.92 Å². The first-order valence-electron chi connectivity index (χ1n) is 19.6. The fourth-order valence-corrected chi connectivity index (χ4v) is 9.44. The molecule has 15 nitrogen and oxygen atoms in total. The van der Waals surface area contributed by atoms with Gasteiger partial charge in [-0.3, -0.25) is 9.59 Å². The van der Waals surface area contributed by atoms with Crippen molar-refractivity contribution in [2.75, 3.05) is 42.3 Å². The summed E-state index contributed by atoms with van der Waals surface area (Å²) >= 11 is 0. The molecule has 17 heteroatoms. The van der Waals surface area contributed by atoms with Gasteiger partial charge in [-0.05, 0) is 135 Å². The summed E-state index contributed by atoms with van der Waals surface area (Å²) in [5.74, 6) is -3.05. The number of carboxylic acid groups (broad SMARTS) is 1. The van der Waals surface area contributed by atoms with Gasteiger partial charge in [0.05, 0.1) is 28.8 Å². The van der Waals surface area contributed by atoms with E-state index in [0.717, 1.165) is 62.0 Å². The van der Waals surface area contributed by atoms with E-state index in [1.165, 1.54) is 35.7 Å². The first-order valence-corrected chi connectivity index (χ1v) is 21.0. The number of methoxy groups -OCH3 is 1. The number of nitrogens with zero attached hydrogens (tertiary/aromatic N) is 2. The van der Waals surface area contributed by atoms with Gasteiger partial charge in [0.15, 0.2) is 0 Å². The van der Waals surface area contributed by atoms with E-state index in [4.69, 9.17) is 4.74 Å². The maximum atomic E-state index is 13.9. The molecule has 324 valence electrons. The number of benzene rings is 4. The Hall–Kier alpha value is -4.65. The van der Waals surface area contributed by atoms with Crippen LogP contribution in [0.1, 0.15) is 94.1 Å². The molecule has 0 unspecified atom stereocenters. The summed E-state index contributed by atoms with van der Waals surface area (Å²) < 4.78 is 33.9. The summed E-state index contributed by atoms with van der Waals surface area (Å²) in [5.41, 5.74) is 4.74. The Morgan fingerprint density at radius 2 is 1.36 bits per heavy atom. The Morgan fingerprint density at radius 1 is 0.754 bits per heavy atom. The second-order valence-electron chi connectivity index (χ2n) is 14.6. The number of carboxylic acids is 1. The van der Waals surface area contributed by atoms with E-state index < -0.39 is 33.7 Å². The molecule has 0 spiro atoms. The van der Waals surface area contributed by atoms with Crippen LogP contribution in [-0.2, 0) is 32.4 Å². The Bertz CT molecular complexity index is 2190. The fraction of sp³-hybridized carbons (Fsp3) is 0.364. The molecule has 1 saturated heterocycles. The third-order valence-electron chi connectivity index (χ3n) is 11.0. The maximum Gasteiger partial charge on any atom is 1.00 e. The van der Waals surface area contributed by atoms with Crippen molar-refractivity contribution in [3.63, 3.8) is 0 Å². The van der Waals surface area contributed by atoms with E-state index in [9.17, 15) is 32.7 Å². The standard InChI is InChI=1S/C44H50N4O8S.Na.3H2O/c1-3-48(36-22-18-32(19-23-36)43(51)52)57(54,55)38-9-7-8-34(28-38)41(49)46-40-25-24-37(47-26-5-4-6-27-47)29-39(40)42(50)45-35-20-14-31(15-21-35)11-10-30-12-16-33(17-13-30)44(53)56-2;;;;/h7-9,12-17,20-21,24-25,28-29,32,36H,3-6,10-11,18-19,22-23,26-27H2,1-2H3,(H,45,50)(H,46,49)(H,51,52);;3*1H2/q;+1;;;/p-1. The smallest absolute Gasteiger partial charge is 0.550 e. The molecular weight excluding hydrogens is 816 g/mol. The van der Waals surface area contributed by atoms with Crippen LogP contribution >= 0.6 is 0 Å². The largest absolute Gasteiger partial charge is 1.00 e. The minimum Gasteiger partial charge on any atom is -0.550 e. The van der Waals surface area contributed by atoms with E-state index in [0.29, 0.717) is 36.9 Å². The zero-order valence-electron chi connectivity index (χ0n) is 34.9. The van der Waals surface area contributed by atoms with Gasteiger partial charge >= 0.3 is 35.5 Å². The molecule has 0 bridgehead atoms. The number of carbonyl (C=O) groups excluding carboxylic acids is 4. The fourth-order valence-electron chi connectivity index (χ4n) is 7.70. The van der Waals surface area contributed by atoms with Gasteiger partial charge < -0.3 is 46.6 Å². The van der Waals surface area contributed by atoms with Crippen LogP contribution < -0.4 is 50.2 Å². The van der Waals surface area contributed by atoms with Crippen molar-refractivity contribution in [2.45, 2.75) is 75.6 Å². The molecule has 0 aromatic heterocycles. The van der Waals surface area contributed by atoms with Crippen LogP contribution in [0.4, 0.5) is 17.1 Å². The minimum absolute atomic E-state index is 0. The summed E-state index contributed by atoms with van der Waals surface area (Å²) in [7, 11) is -2.66. The number of anilines is 3. The number of rotatable bonds is 14.